The summed E-state index contributed by atoms with van der Waals surface area (Å²) in [5, 5.41) is 18.7. The van der Waals surface area contributed by atoms with E-state index in [0.29, 0.717) is 12.8 Å². The van der Waals surface area contributed by atoms with Crippen LogP contribution < -0.4 is 0 Å². The number of carbonyl (C=O) groups is 1. The molecular weight excluding hydrogens is 232 g/mol. The molecule has 0 amide bonds. The monoisotopic (exact) mass is 248 g/mol. The van der Waals surface area contributed by atoms with Crippen molar-refractivity contribution in [2.45, 2.75) is 16.9 Å². The van der Waals surface area contributed by atoms with E-state index in [-0.39, 0.29) is 24.1 Å². The Morgan fingerprint density at radius 3 is 2.60 bits per heavy atom. The number of aliphatic hydroxyl groups is 2. The Morgan fingerprint density at radius 2 is 2.13 bits per heavy atom. The van der Waals surface area contributed by atoms with E-state index in [9.17, 15) is 9.90 Å². The molecule has 1 aliphatic carbocycles. The number of hydrogen-bond acceptors (Lipinski definition) is 5. The first-order valence-electron chi connectivity index (χ1n) is 4.75. The van der Waals surface area contributed by atoms with Crippen LogP contribution in [-0.4, -0.2) is 39.2 Å². The Hall–Kier alpha value is -0.130. The van der Waals surface area contributed by atoms with Gasteiger partial charge in [-0.2, -0.15) is 0 Å². The molecule has 1 unspecified atom stereocenters. The number of hydrogen-bond donors (Lipinski definition) is 2. The van der Waals surface area contributed by atoms with Gasteiger partial charge < -0.3 is 10.2 Å². The standard InChI is InChI=1S/C10H16O3S2/c1-14-10(15-2)6-7(3-4-11)8(12)5-9(10)13/h5,7,11,13H,3-4,6H2,1-2H3. The van der Waals surface area contributed by atoms with Gasteiger partial charge in [-0.15, -0.1) is 23.5 Å². The number of allylic oxidation sites excluding steroid dienone is 1. The Morgan fingerprint density at radius 1 is 1.53 bits per heavy atom. The highest BCUT2D eigenvalue weighted by molar-refractivity contribution is 8.17. The highest BCUT2D eigenvalue weighted by Crippen LogP contribution is 2.47. The minimum absolute atomic E-state index is 0.0177. The van der Waals surface area contributed by atoms with Crippen LogP contribution in [-0.2, 0) is 4.79 Å². The van der Waals surface area contributed by atoms with Crippen molar-refractivity contribution in [2.24, 2.45) is 5.92 Å². The van der Waals surface area contributed by atoms with Crippen LogP contribution in [0.1, 0.15) is 12.8 Å². The number of carbonyl (C=O) groups excluding carboxylic acids is 1. The zero-order valence-electron chi connectivity index (χ0n) is 8.90. The molecule has 0 aromatic carbocycles. The highest BCUT2D eigenvalue weighted by atomic mass is 32.2. The predicted molar refractivity (Wildman–Crippen MR) is 65.3 cm³/mol. The van der Waals surface area contributed by atoms with Crippen molar-refractivity contribution in [3.63, 3.8) is 0 Å². The fourth-order valence-electron chi connectivity index (χ4n) is 1.75. The highest BCUT2D eigenvalue weighted by Gasteiger charge is 2.41. The van der Waals surface area contributed by atoms with E-state index >= 15 is 0 Å². The van der Waals surface area contributed by atoms with Gasteiger partial charge in [0.25, 0.3) is 0 Å². The summed E-state index contributed by atoms with van der Waals surface area (Å²) in [4.78, 5) is 11.5. The summed E-state index contributed by atoms with van der Waals surface area (Å²) in [6, 6.07) is 0. The lowest BCUT2D eigenvalue weighted by molar-refractivity contribution is -0.119. The maximum absolute atomic E-state index is 11.5. The average molecular weight is 248 g/mol. The number of aliphatic hydroxyl groups excluding tert-OH is 2. The maximum atomic E-state index is 11.5. The van der Waals surface area contributed by atoms with E-state index in [1.165, 1.54) is 6.08 Å². The Bertz CT molecular complexity index is 272. The molecule has 0 saturated carbocycles. The van der Waals surface area contributed by atoms with E-state index < -0.39 is 4.08 Å². The van der Waals surface area contributed by atoms with Crippen molar-refractivity contribution in [1.29, 1.82) is 0 Å². The third-order valence-corrected chi connectivity index (χ3v) is 5.79. The maximum Gasteiger partial charge on any atom is 0.162 e. The van der Waals surface area contributed by atoms with Gasteiger partial charge in [-0.25, -0.2) is 0 Å². The molecule has 1 rings (SSSR count). The Balaban J connectivity index is 2.93. The normalized spacial score (nSPS) is 25.1. The van der Waals surface area contributed by atoms with Crippen LogP contribution in [0.2, 0.25) is 0 Å². The first-order chi connectivity index (χ1) is 7.09. The van der Waals surface area contributed by atoms with Crippen molar-refractivity contribution in [1.82, 2.24) is 0 Å². The van der Waals surface area contributed by atoms with Gasteiger partial charge >= 0.3 is 0 Å². The second-order valence-electron chi connectivity index (χ2n) is 3.51. The molecule has 1 aliphatic rings. The van der Waals surface area contributed by atoms with Gasteiger partial charge in [-0.1, -0.05) is 0 Å². The van der Waals surface area contributed by atoms with Gasteiger partial charge in [-0.3, -0.25) is 4.79 Å². The second-order valence-corrected chi connectivity index (χ2v) is 5.98. The zero-order valence-corrected chi connectivity index (χ0v) is 10.5. The molecule has 5 heteroatoms. The summed E-state index contributed by atoms with van der Waals surface area (Å²) in [6.45, 7) is 0.0177. The first-order valence-corrected chi connectivity index (χ1v) is 7.20. The van der Waals surface area contributed by atoms with Crippen LogP contribution >= 0.6 is 23.5 Å². The molecule has 0 aromatic rings. The molecule has 2 N–H and O–H groups in total. The molecule has 0 aliphatic heterocycles. The lowest BCUT2D eigenvalue weighted by Gasteiger charge is -2.35. The molecule has 0 spiro atoms. The molecule has 0 aromatic heterocycles. The van der Waals surface area contributed by atoms with Crippen LogP contribution in [0.5, 0.6) is 0 Å². The van der Waals surface area contributed by atoms with Gasteiger partial charge in [-0.05, 0) is 25.4 Å². The summed E-state index contributed by atoms with van der Waals surface area (Å²) >= 11 is 3.09. The van der Waals surface area contributed by atoms with E-state index in [2.05, 4.69) is 0 Å². The first kappa shape index (κ1) is 12.9. The minimum atomic E-state index is -0.409. The molecule has 0 fully saturated rings. The molecule has 86 valence electrons. The van der Waals surface area contributed by atoms with Crippen molar-refractivity contribution in [3.8, 4) is 0 Å². The molecule has 0 heterocycles. The molecule has 1 atom stereocenters. The van der Waals surface area contributed by atoms with Gasteiger partial charge in [0.05, 0.1) is 0 Å². The molecule has 0 saturated heterocycles. The summed E-state index contributed by atoms with van der Waals surface area (Å²) in [5.41, 5.74) is 0. The largest absolute Gasteiger partial charge is 0.510 e. The van der Waals surface area contributed by atoms with E-state index in [1.807, 2.05) is 12.5 Å². The molecule has 15 heavy (non-hydrogen) atoms. The number of thioether (sulfide) groups is 2. The van der Waals surface area contributed by atoms with Crippen LogP contribution in [0.3, 0.4) is 0 Å². The summed E-state index contributed by atoms with van der Waals surface area (Å²) < 4.78 is -0.409. The summed E-state index contributed by atoms with van der Waals surface area (Å²) in [5.74, 6) is -0.0761. The lowest BCUT2D eigenvalue weighted by Crippen LogP contribution is -2.34. The fourth-order valence-corrected chi connectivity index (χ4v) is 3.69. The van der Waals surface area contributed by atoms with E-state index in [0.717, 1.165) is 0 Å². The predicted octanol–water partition coefficient (Wildman–Crippen LogP) is 1.82. The minimum Gasteiger partial charge on any atom is -0.510 e. The van der Waals surface area contributed by atoms with Crippen molar-refractivity contribution < 1.29 is 15.0 Å². The Kier molecular flexibility index (Phi) is 4.55. The lowest BCUT2D eigenvalue weighted by atomic mass is 9.89. The molecular formula is C10H16O3S2. The van der Waals surface area contributed by atoms with Crippen molar-refractivity contribution in [3.05, 3.63) is 11.8 Å². The zero-order chi connectivity index (χ0) is 11.5. The van der Waals surface area contributed by atoms with E-state index in [1.54, 1.807) is 23.5 Å². The molecule has 3 nitrogen and oxygen atoms in total. The van der Waals surface area contributed by atoms with Crippen LogP contribution in [0.15, 0.2) is 11.8 Å². The topological polar surface area (TPSA) is 57.5 Å². The van der Waals surface area contributed by atoms with Gasteiger partial charge in [0, 0.05) is 18.6 Å². The second kappa shape index (κ2) is 5.27. The quantitative estimate of drug-likeness (QED) is 0.743. The molecule has 0 bridgehead atoms. The van der Waals surface area contributed by atoms with Crippen LogP contribution in [0.4, 0.5) is 0 Å². The smallest absolute Gasteiger partial charge is 0.162 e. The third-order valence-electron chi connectivity index (χ3n) is 2.72. The van der Waals surface area contributed by atoms with E-state index in [4.69, 9.17) is 5.11 Å². The fraction of sp³-hybridized carbons (Fsp3) is 0.700. The van der Waals surface area contributed by atoms with Crippen molar-refractivity contribution in [2.75, 3.05) is 19.1 Å². The van der Waals surface area contributed by atoms with Gasteiger partial charge in [0.1, 0.15) is 9.84 Å². The summed E-state index contributed by atoms with van der Waals surface area (Å²) in [7, 11) is 0. The van der Waals surface area contributed by atoms with Gasteiger partial charge in [0.15, 0.2) is 5.78 Å². The van der Waals surface area contributed by atoms with Crippen LogP contribution in [0.25, 0.3) is 0 Å². The Labute approximate surface area is 98.3 Å². The SMILES string of the molecule is CSC1(SC)CC(CCO)C(=O)C=C1O. The number of rotatable bonds is 4. The molecule has 0 radical (unpaired) electrons. The van der Waals surface area contributed by atoms with Crippen molar-refractivity contribution >= 4 is 29.3 Å². The van der Waals surface area contributed by atoms with Gasteiger partial charge in [0.2, 0.25) is 0 Å². The third kappa shape index (κ3) is 2.52. The average Bonchev–Trinajstić information content (AvgIpc) is 2.23. The summed E-state index contributed by atoms with van der Waals surface area (Å²) in [6.07, 6.45) is 6.23. The number of ketones is 1. The van der Waals surface area contributed by atoms with Crippen LogP contribution in [0, 0.1) is 5.92 Å².